The van der Waals surface area contributed by atoms with Gasteiger partial charge in [-0.25, -0.2) is 9.18 Å². The number of carbonyl (C=O) groups excluding carboxylic acids is 1. The minimum Gasteiger partial charge on any atom is -0.493 e. The third-order valence-corrected chi connectivity index (χ3v) is 3.84. The summed E-state index contributed by atoms with van der Waals surface area (Å²) in [6.45, 7) is 6.03. The quantitative estimate of drug-likeness (QED) is 0.522. The third kappa shape index (κ3) is 4.65. The Balaban J connectivity index is 2.33. The van der Waals surface area contributed by atoms with E-state index in [1.165, 1.54) is 13.2 Å². The van der Waals surface area contributed by atoms with Gasteiger partial charge in [-0.15, -0.1) is 0 Å². The molecule has 0 aliphatic carbocycles. The van der Waals surface area contributed by atoms with Crippen molar-refractivity contribution in [3.05, 3.63) is 52.8 Å². The van der Waals surface area contributed by atoms with Crippen LogP contribution in [0.1, 0.15) is 30.5 Å². The van der Waals surface area contributed by atoms with Crippen molar-refractivity contribution in [2.45, 2.75) is 33.8 Å². The molecule has 0 bridgehead atoms. The molecule has 0 amide bonds. The lowest BCUT2D eigenvalue weighted by Gasteiger charge is -2.17. The van der Waals surface area contributed by atoms with Crippen molar-refractivity contribution in [1.29, 1.82) is 0 Å². The molecule has 2 aromatic carbocycles. The molecule has 5 nitrogen and oxygen atoms in total. The Hall–Kier alpha value is -2.76. The van der Waals surface area contributed by atoms with E-state index in [1.54, 1.807) is 31.2 Å². The normalized spacial score (nSPS) is 10.3. The first kappa shape index (κ1) is 19.6. The van der Waals surface area contributed by atoms with Gasteiger partial charge < -0.3 is 18.9 Å². The highest BCUT2D eigenvalue weighted by Crippen LogP contribution is 2.32. The molecular weight excluding hydrogens is 339 g/mol. The molecule has 0 heterocycles. The molecule has 0 fully saturated rings. The molecule has 0 N–H and O–H groups in total. The molecule has 2 aromatic rings. The fourth-order valence-corrected chi connectivity index (χ4v) is 2.49. The van der Waals surface area contributed by atoms with E-state index in [1.807, 2.05) is 13.8 Å². The van der Waals surface area contributed by atoms with Crippen molar-refractivity contribution in [2.75, 3.05) is 13.7 Å². The average Bonchev–Trinajstić information content (AvgIpc) is 2.63. The second kappa shape index (κ2) is 9.08. The monoisotopic (exact) mass is 362 g/mol. The van der Waals surface area contributed by atoms with Crippen LogP contribution >= 0.6 is 0 Å². The van der Waals surface area contributed by atoms with Crippen LogP contribution in [-0.4, -0.2) is 19.9 Å². The molecule has 2 rings (SSSR count). The number of aryl methyl sites for hydroxylation is 2. The zero-order valence-electron chi connectivity index (χ0n) is 15.4. The van der Waals surface area contributed by atoms with Crippen LogP contribution < -0.4 is 14.2 Å². The number of hydrogen-bond acceptors (Lipinski definition) is 5. The molecule has 0 radical (unpaired) electrons. The molecule has 0 saturated carbocycles. The summed E-state index contributed by atoms with van der Waals surface area (Å²) in [7, 11) is 1.23. The van der Waals surface area contributed by atoms with Crippen molar-refractivity contribution in [2.24, 2.45) is 0 Å². The van der Waals surface area contributed by atoms with Gasteiger partial charge in [-0.1, -0.05) is 13.0 Å². The number of carbonyl (C=O) groups is 1. The van der Waals surface area contributed by atoms with E-state index in [2.05, 4.69) is 4.74 Å². The lowest BCUT2D eigenvalue weighted by atomic mass is 10.1. The van der Waals surface area contributed by atoms with Crippen LogP contribution in [0, 0.1) is 12.7 Å². The fourth-order valence-electron chi connectivity index (χ4n) is 2.49. The zero-order chi connectivity index (χ0) is 19.1. The lowest BCUT2D eigenvalue weighted by molar-refractivity contribution is 0.120. The van der Waals surface area contributed by atoms with Gasteiger partial charge in [-0.2, -0.15) is 0 Å². The molecule has 0 aliphatic rings. The summed E-state index contributed by atoms with van der Waals surface area (Å²) in [6.07, 6.45) is -0.134. The van der Waals surface area contributed by atoms with E-state index in [9.17, 15) is 9.18 Å². The predicted molar refractivity (Wildman–Crippen MR) is 95.5 cm³/mol. The topological polar surface area (TPSA) is 54.0 Å². The van der Waals surface area contributed by atoms with E-state index < -0.39 is 6.16 Å². The van der Waals surface area contributed by atoms with Crippen molar-refractivity contribution in [3.8, 4) is 17.2 Å². The number of methoxy groups -OCH3 is 1. The number of benzene rings is 2. The van der Waals surface area contributed by atoms with Crippen LogP contribution in [0.5, 0.6) is 17.2 Å². The van der Waals surface area contributed by atoms with Crippen LogP contribution in [0.15, 0.2) is 30.3 Å². The molecule has 26 heavy (non-hydrogen) atoms. The summed E-state index contributed by atoms with van der Waals surface area (Å²) in [5.41, 5.74) is 2.01. The van der Waals surface area contributed by atoms with Gasteiger partial charge in [0.15, 0.2) is 0 Å². The van der Waals surface area contributed by atoms with Crippen molar-refractivity contribution < 1.29 is 28.1 Å². The Kier molecular flexibility index (Phi) is 6.83. The minimum absolute atomic E-state index is 0.0536. The van der Waals surface area contributed by atoms with Gasteiger partial charge in [-0.3, -0.25) is 0 Å². The molecule has 0 aliphatic heterocycles. The number of rotatable bonds is 7. The summed E-state index contributed by atoms with van der Waals surface area (Å²) >= 11 is 0. The second-order valence-corrected chi connectivity index (χ2v) is 5.57. The Morgan fingerprint density at radius 1 is 1.08 bits per heavy atom. The maximum Gasteiger partial charge on any atom is 0.513 e. The molecule has 6 heteroatoms. The van der Waals surface area contributed by atoms with E-state index in [0.29, 0.717) is 35.7 Å². The SMILES string of the molecule is CCOc1cccc(OC(=O)OC)c1COc1cc(F)c(C)cc1CC. The average molecular weight is 362 g/mol. The van der Waals surface area contributed by atoms with Gasteiger partial charge in [0, 0.05) is 6.07 Å². The van der Waals surface area contributed by atoms with E-state index >= 15 is 0 Å². The second-order valence-electron chi connectivity index (χ2n) is 5.57. The molecular formula is C20H23FO5. The van der Waals surface area contributed by atoms with Gasteiger partial charge in [0.2, 0.25) is 0 Å². The third-order valence-electron chi connectivity index (χ3n) is 3.84. The van der Waals surface area contributed by atoms with Gasteiger partial charge in [0.1, 0.15) is 29.7 Å². The summed E-state index contributed by atoms with van der Waals surface area (Å²) in [6, 6.07) is 8.22. The zero-order valence-corrected chi connectivity index (χ0v) is 15.4. The predicted octanol–water partition coefficient (Wildman–Crippen LogP) is 4.82. The van der Waals surface area contributed by atoms with Crippen molar-refractivity contribution in [3.63, 3.8) is 0 Å². The summed E-state index contributed by atoms with van der Waals surface area (Å²) < 4.78 is 35.1. The van der Waals surface area contributed by atoms with E-state index in [-0.39, 0.29) is 18.2 Å². The summed E-state index contributed by atoms with van der Waals surface area (Å²) in [5.74, 6) is 0.917. The van der Waals surface area contributed by atoms with Gasteiger partial charge in [0.25, 0.3) is 0 Å². The van der Waals surface area contributed by atoms with Crippen LogP contribution in [0.4, 0.5) is 9.18 Å². The Morgan fingerprint density at radius 2 is 1.81 bits per heavy atom. The molecule has 0 atom stereocenters. The number of hydrogen-bond donors (Lipinski definition) is 0. The van der Waals surface area contributed by atoms with Gasteiger partial charge in [-0.05, 0) is 49.6 Å². The number of ether oxygens (including phenoxy) is 4. The first-order chi connectivity index (χ1) is 12.5. The highest BCUT2D eigenvalue weighted by atomic mass is 19.1. The first-order valence-electron chi connectivity index (χ1n) is 8.42. The van der Waals surface area contributed by atoms with E-state index in [0.717, 1.165) is 5.56 Å². The fraction of sp³-hybridized carbons (Fsp3) is 0.350. The highest BCUT2D eigenvalue weighted by molar-refractivity contribution is 5.65. The van der Waals surface area contributed by atoms with Crippen LogP contribution in [0.25, 0.3) is 0 Å². The Labute approximate surface area is 152 Å². The standard InChI is InChI=1S/C20H23FO5/c1-5-14-10-13(3)16(21)11-19(14)25-12-15-17(24-6-2)8-7-9-18(15)26-20(22)23-4/h7-11H,5-6,12H2,1-4H3. The lowest BCUT2D eigenvalue weighted by Crippen LogP contribution is -2.11. The minimum atomic E-state index is -0.837. The Bertz CT molecular complexity index is 773. The van der Waals surface area contributed by atoms with Crippen molar-refractivity contribution >= 4 is 6.16 Å². The maximum atomic E-state index is 13.9. The highest BCUT2D eigenvalue weighted by Gasteiger charge is 2.16. The molecule has 0 saturated heterocycles. The molecule has 0 spiro atoms. The van der Waals surface area contributed by atoms with Gasteiger partial charge in [0.05, 0.1) is 19.3 Å². The summed E-state index contributed by atoms with van der Waals surface area (Å²) in [5, 5.41) is 0. The van der Waals surface area contributed by atoms with Crippen LogP contribution in [0.3, 0.4) is 0 Å². The number of halogens is 1. The largest absolute Gasteiger partial charge is 0.513 e. The van der Waals surface area contributed by atoms with E-state index in [4.69, 9.17) is 14.2 Å². The van der Waals surface area contributed by atoms with Crippen LogP contribution in [0.2, 0.25) is 0 Å². The smallest absolute Gasteiger partial charge is 0.493 e. The maximum absolute atomic E-state index is 13.9. The van der Waals surface area contributed by atoms with Crippen molar-refractivity contribution in [1.82, 2.24) is 0 Å². The Morgan fingerprint density at radius 3 is 2.46 bits per heavy atom. The molecule has 0 aromatic heterocycles. The first-order valence-corrected chi connectivity index (χ1v) is 8.42. The van der Waals surface area contributed by atoms with Gasteiger partial charge >= 0.3 is 6.16 Å². The molecule has 140 valence electrons. The van der Waals surface area contributed by atoms with Crippen LogP contribution in [-0.2, 0) is 17.8 Å². The summed E-state index contributed by atoms with van der Waals surface area (Å²) in [4.78, 5) is 11.5. The molecule has 0 unspecified atom stereocenters.